The number of rotatable bonds is 7. The van der Waals surface area contributed by atoms with Gasteiger partial charge in [0.2, 0.25) is 5.91 Å². The molecule has 2 aromatic heterocycles. The van der Waals surface area contributed by atoms with Gasteiger partial charge in [-0.25, -0.2) is 0 Å². The van der Waals surface area contributed by atoms with Crippen LogP contribution in [0.2, 0.25) is 5.02 Å². The summed E-state index contributed by atoms with van der Waals surface area (Å²) in [7, 11) is 3.96. The normalized spacial score (nSPS) is 17.0. The summed E-state index contributed by atoms with van der Waals surface area (Å²) < 4.78 is 7.50. The number of nitrogens with one attached hydrogen (secondary N) is 1. The minimum absolute atomic E-state index is 0.204. The van der Waals surface area contributed by atoms with Gasteiger partial charge in [0, 0.05) is 37.9 Å². The van der Waals surface area contributed by atoms with Crippen molar-refractivity contribution in [2.45, 2.75) is 32.1 Å². The number of nitrogens with zero attached hydrogens (tertiary/aromatic N) is 3. The summed E-state index contributed by atoms with van der Waals surface area (Å²) in [4.78, 5) is 31.4. The van der Waals surface area contributed by atoms with Crippen LogP contribution in [0.25, 0.3) is 11.5 Å². The molecule has 2 amide bonds. The Balaban J connectivity index is 1.49. The molecule has 190 valence electrons. The van der Waals surface area contributed by atoms with E-state index in [4.69, 9.17) is 16.0 Å². The minimum Gasteiger partial charge on any atom is -0.463 e. The number of carbonyl (C=O) groups is 2. The highest BCUT2D eigenvalue weighted by molar-refractivity contribution is 6.30. The third-order valence-electron chi connectivity index (χ3n) is 6.93. The maximum atomic E-state index is 13.9. The largest absolute Gasteiger partial charge is 0.463 e. The predicted octanol–water partition coefficient (Wildman–Crippen LogP) is 5.20. The third kappa shape index (κ3) is 4.74. The average Bonchev–Trinajstić information content (AvgIpc) is 3.56. The lowest BCUT2D eigenvalue weighted by Gasteiger charge is -2.44. The molecule has 0 fully saturated rings. The number of anilines is 1. The van der Waals surface area contributed by atoms with Crippen LogP contribution in [0.15, 0.2) is 83.5 Å². The number of aromatic nitrogens is 1. The maximum Gasteiger partial charge on any atom is 0.271 e. The lowest BCUT2D eigenvalue weighted by atomic mass is 9.93. The highest BCUT2D eigenvalue weighted by Gasteiger charge is 2.47. The Kier molecular flexibility index (Phi) is 6.56. The van der Waals surface area contributed by atoms with Gasteiger partial charge >= 0.3 is 0 Å². The zero-order valence-corrected chi connectivity index (χ0v) is 21.8. The van der Waals surface area contributed by atoms with E-state index in [2.05, 4.69) is 5.32 Å². The van der Waals surface area contributed by atoms with Crippen molar-refractivity contribution in [1.29, 1.82) is 0 Å². The van der Waals surface area contributed by atoms with Gasteiger partial charge in [-0.1, -0.05) is 35.9 Å². The first-order valence-electron chi connectivity index (χ1n) is 12.1. The van der Waals surface area contributed by atoms with Gasteiger partial charge in [0.05, 0.1) is 18.5 Å². The Labute approximate surface area is 221 Å². The molecule has 0 saturated heterocycles. The molecule has 1 N–H and O–H groups in total. The molecule has 0 bridgehead atoms. The van der Waals surface area contributed by atoms with Gasteiger partial charge < -0.3 is 24.1 Å². The van der Waals surface area contributed by atoms with E-state index in [-0.39, 0.29) is 11.8 Å². The number of hydrogen-bond acceptors (Lipinski definition) is 4. The van der Waals surface area contributed by atoms with Gasteiger partial charge in [-0.2, -0.15) is 0 Å². The molecule has 1 aliphatic heterocycles. The van der Waals surface area contributed by atoms with Crippen LogP contribution in [0, 0.1) is 0 Å². The molecule has 1 atom stereocenters. The van der Waals surface area contributed by atoms with Gasteiger partial charge in [-0.15, -0.1) is 0 Å². The fourth-order valence-corrected chi connectivity index (χ4v) is 4.84. The highest BCUT2D eigenvalue weighted by atomic mass is 35.5. The summed E-state index contributed by atoms with van der Waals surface area (Å²) in [6.45, 7) is 2.75. The molecule has 7 nitrogen and oxygen atoms in total. The van der Waals surface area contributed by atoms with Gasteiger partial charge in [-0.05, 0) is 66.6 Å². The van der Waals surface area contributed by atoms with Gasteiger partial charge in [-0.3, -0.25) is 9.59 Å². The summed E-state index contributed by atoms with van der Waals surface area (Å²) in [6.07, 6.45) is 1.60. The smallest absolute Gasteiger partial charge is 0.271 e. The summed E-state index contributed by atoms with van der Waals surface area (Å²) in [5.74, 6) is 0.214. The monoisotopic (exact) mass is 516 g/mol. The number of carbonyl (C=O) groups excluding carboxylic acids is 2. The van der Waals surface area contributed by atoms with E-state index in [0.29, 0.717) is 36.1 Å². The lowest BCUT2D eigenvalue weighted by molar-refractivity contribution is -0.133. The number of halogens is 1. The molecular formula is C29H29ClN4O3. The van der Waals surface area contributed by atoms with E-state index in [0.717, 1.165) is 22.5 Å². The molecule has 3 heterocycles. The summed E-state index contributed by atoms with van der Waals surface area (Å²) >= 11 is 6.01. The fourth-order valence-electron chi connectivity index (χ4n) is 4.72. The molecular weight excluding hydrogens is 488 g/mol. The first kappa shape index (κ1) is 24.7. The Bertz CT molecular complexity index is 1410. The van der Waals surface area contributed by atoms with Crippen molar-refractivity contribution in [1.82, 2.24) is 14.8 Å². The fraction of sp³-hybridized carbons (Fsp3) is 0.241. The van der Waals surface area contributed by atoms with Gasteiger partial charge in [0.25, 0.3) is 5.91 Å². The van der Waals surface area contributed by atoms with Crippen LogP contribution in [-0.2, 0) is 24.4 Å². The first-order valence-corrected chi connectivity index (χ1v) is 12.5. The van der Waals surface area contributed by atoms with E-state index in [1.807, 2.05) is 85.1 Å². The molecule has 1 aliphatic rings. The van der Waals surface area contributed by atoms with Crippen molar-refractivity contribution < 1.29 is 14.0 Å². The van der Waals surface area contributed by atoms with Crippen LogP contribution in [0.4, 0.5) is 5.69 Å². The number of fused-ring (bicyclic) bond motifs is 1. The van der Waals surface area contributed by atoms with Crippen LogP contribution in [-0.4, -0.2) is 40.9 Å². The van der Waals surface area contributed by atoms with Crippen LogP contribution >= 0.6 is 11.6 Å². The zero-order valence-electron chi connectivity index (χ0n) is 21.1. The quantitative estimate of drug-likeness (QED) is 0.366. The van der Waals surface area contributed by atoms with Crippen molar-refractivity contribution in [3.63, 3.8) is 0 Å². The van der Waals surface area contributed by atoms with E-state index in [1.165, 1.54) is 0 Å². The summed E-state index contributed by atoms with van der Waals surface area (Å²) in [5, 5.41) is 3.68. The Morgan fingerprint density at radius 1 is 1.00 bits per heavy atom. The second-order valence-electron chi connectivity index (χ2n) is 9.70. The molecule has 2 aromatic carbocycles. The van der Waals surface area contributed by atoms with Crippen molar-refractivity contribution in [3.05, 3.63) is 101 Å². The molecule has 0 spiro atoms. The van der Waals surface area contributed by atoms with Crippen molar-refractivity contribution in [2.24, 2.45) is 0 Å². The number of amides is 2. The number of hydrogen-bond donors (Lipinski definition) is 1. The second-order valence-corrected chi connectivity index (χ2v) is 10.1. The van der Waals surface area contributed by atoms with E-state index >= 15 is 0 Å². The predicted molar refractivity (Wildman–Crippen MR) is 144 cm³/mol. The molecule has 37 heavy (non-hydrogen) atoms. The van der Waals surface area contributed by atoms with Crippen LogP contribution in [0.3, 0.4) is 0 Å². The Morgan fingerprint density at radius 3 is 2.32 bits per heavy atom. The third-order valence-corrected chi connectivity index (χ3v) is 7.18. The minimum atomic E-state index is -1.14. The zero-order chi connectivity index (χ0) is 26.2. The SMILES string of the molecule is CN(C)c1ccc(CN2C(=O)c3ccc(-c4ccco4)n3C[C@@]2(C)C(=O)NCc2ccc(Cl)cc2)cc1. The number of furan rings is 1. The van der Waals surface area contributed by atoms with Gasteiger partial charge in [0.1, 0.15) is 17.0 Å². The van der Waals surface area contributed by atoms with E-state index < -0.39 is 5.54 Å². The molecule has 0 aliphatic carbocycles. The average molecular weight is 517 g/mol. The molecule has 0 saturated carbocycles. The molecule has 0 unspecified atom stereocenters. The maximum absolute atomic E-state index is 13.9. The van der Waals surface area contributed by atoms with E-state index in [9.17, 15) is 9.59 Å². The summed E-state index contributed by atoms with van der Waals surface area (Å²) in [5.41, 5.74) is 3.08. The molecule has 0 radical (unpaired) electrons. The first-order chi connectivity index (χ1) is 17.8. The van der Waals surface area contributed by atoms with Gasteiger partial charge in [0.15, 0.2) is 0 Å². The number of benzene rings is 2. The lowest BCUT2D eigenvalue weighted by Crippen LogP contribution is -2.63. The summed E-state index contributed by atoms with van der Waals surface area (Å²) in [6, 6.07) is 22.7. The second kappa shape index (κ2) is 9.82. The Morgan fingerprint density at radius 2 is 1.68 bits per heavy atom. The van der Waals surface area contributed by atoms with E-state index in [1.54, 1.807) is 29.4 Å². The highest BCUT2D eigenvalue weighted by Crippen LogP contribution is 2.34. The molecule has 8 heteroatoms. The van der Waals surface area contributed by atoms with Crippen molar-refractivity contribution in [2.75, 3.05) is 19.0 Å². The van der Waals surface area contributed by atoms with Crippen molar-refractivity contribution in [3.8, 4) is 11.5 Å². The molecule has 5 rings (SSSR count). The van der Waals surface area contributed by atoms with Crippen LogP contribution < -0.4 is 10.2 Å². The van der Waals surface area contributed by atoms with Crippen LogP contribution in [0.5, 0.6) is 0 Å². The van der Waals surface area contributed by atoms with Crippen molar-refractivity contribution >= 4 is 29.1 Å². The molecule has 4 aromatic rings. The standard InChI is InChI=1S/C29H29ClN4O3/c1-29(28(36)31-17-20-6-10-22(30)11-7-20)19-33-24(26-5-4-16-37-26)14-15-25(33)27(35)34(29)18-21-8-12-23(13-9-21)32(2)3/h4-16H,17-19H2,1-3H3,(H,31,36)/t29-/m0/s1. The van der Waals surface area contributed by atoms with Crippen LogP contribution in [0.1, 0.15) is 28.5 Å². The topological polar surface area (TPSA) is 70.7 Å². The Hall–Kier alpha value is -3.97.